The zero-order chi connectivity index (χ0) is 14.0. The van der Waals surface area contributed by atoms with Gasteiger partial charge in [-0.1, -0.05) is 12.1 Å². The van der Waals surface area contributed by atoms with E-state index in [0.717, 1.165) is 25.1 Å². The first-order valence-electron chi connectivity index (χ1n) is 6.96. The summed E-state index contributed by atoms with van der Waals surface area (Å²) in [5, 5.41) is 9.08. The molecule has 104 valence electrons. The van der Waals surface area contributed by atoms with Crippen LogP contribution < -0.4 is 0 Å². The van der Waals surface area contributed by atoms with Gasteiger partial charge in [-0.05, 0) is 63.8 Å². The fourth-order valence-corrected chi connectivity index (χ4v) is 2.78. The number of hydrogen-bond donors (Lipinski definition) is 1. The number of hydrogen-bond acceptors (Lipinski definition) is 2. The lowest BCUT2D eigenvalue weighted by Crippen LogP contribution is -2.46. The minimum atomic E-state index is -0.842. The summed E-state index contributed by atoms with van der Waals surface area (Å²) in [6.07, 6.45) is 2.33. The number of rotatable bonds is 2. The molecule has 0 spiro atoms. The maximum absolute atomic E-state index is 11.0. The number of likely N-dealkylation sites (tertiary alicyclic amines) is 1. The summed E-state index contributed by atoms with van der Waals surface area (Å²) in [5.41, 5.74) is 1.74. The molecule has 0 aliphatic carbocycles. The van der Waals surface area contributed by atoms with Crippen LogP contribution in [0.4, 0.5) is 0 Å². The molecule has 1 aromatic carbocycles. The third kappa shape index (κ3) is 3.35. The molecular weight excluding hydrogens is 238 g/mol. The molecule has 2 rings (SSSR count). The molecule has 1 unspecified atom stereocenters. The van der Waals surface area contributed by atoms with Crippen molar-refractivity contribution in [3.05, 3.63) is 35.4 Å². The average Bonchev–Trinajstić information content (AvgIpc) is 2.38. The number of nitrogens with zero attached hydrogens (tertiary/aromatic N) is 1. The second-order valence-electron chi connectivity index (χ2n) is 6.39. The van der Waals surface area contributed by atoms with Gasteiger partial charge in [-0.25, -0.2) is 4.79 Å². The van der Waals surface area contributed by atoms with Gasteiger partial charge < -0.3 is 5.11 Å². The summed E-state index contributed by atoms with van der Waals surface area (Å²) in [4.78, 5) is 13.5. The highest BCUT2D eigenvalue weighted by Gasteiger charge is 2.28. The van der Waals surface area contributed by atoms with Crippen molar-refractivity contribution in [2.45, 2.75) is 45.1 Å². The van der Waals surface area contributed by atoms with Crippen LogP contribution >= 0.6 is 0 Å². The first-order chi connectivity index (χ1) is 8.88. The van der Waals surface area contributed by atoms with Gasteiger partial charge in [0.1, 0.15) is 0 Å². The number of carbonyl (C=O) groups is 1. The van der Waals surface area contributed by atoms with E-state index in [2.05, 4.69) is 31.7 Å². The standard InChI is InChI=1S/C16H23NO2/c1-16(2,3)17-9-5-8-14(11-17)12-6-4-7-13(10-12)15(18)19/h4,6-7,10,14H,5,8-9,11H2,1-3H3,(H,18,19). The smallest absolute Gasteiger partial charge is 0.335 e. The Kier molecular flexibility index (Phi) is 3.95. The Labute approximate surface area is 115 Å². The van der Waals surface area contributed by atoms with E-state index in [1.165, 1.54) is 6.42 Å². The van der Waals surface area contributed by atoms with Crippen LogP contribution in [0.1, 0.15) is 55.5 Å². The molecular formula is C16H23NO2. The number of aromatic carboxylic acids is 1. The Hall–Kier alpha value is -1.35. The molecule has 0 amide bonds. The van der Waals surface area contributed by atoms with Gasteiger partial charge in [-0.15, -0.1) is 0 Å². The first kappa shape index (κ1) is 14.1. The molecule has 1 aromatic rings. The van der Waals surface area contributed by atoms with E-state index < -0.39 is 5.97 Å². The third-order valence-corrected chi connectivity index (χ3v) is 3.98. The van der Waals surface area contributed by atoms with Crippen LogP contribution in [0.2, 0.25) is 0 Å². The van der Waals surface area contributed by atoms with Crippen molar-refractivity contribution >= 4 is 5.97 Å². The number of piperidine rings is 1. The minimum Gasteiger partial charge on any atom is -0.478 e. The van der Waals surface area contributed by atoms with E-state index >= 15 is 0 Å². The third-order valence-electron chi connectivity index (χ3n) is 3.98. The lowest BCUT2D eigenvalue weighted by molar-refractivity contribution is 0.0696. The molecule has 1 heterocycles. The highest BCUT2D eigenvalue weighted by molar-refractivity contribution is 5.87. The van der Waals surface area contributed by atoms with E-state index in [1.54, 1.807) is 6.07 Å². The highest BCUT2D eigenvalue weighted by Crippen LogP contribution is 2.30. The zero-order valence-corrected chi connectivity index (χ0v) is 12.0. The van der Waals surface area contributed by atoms with Crippen molar-refractivity contribution in [2.75, 3.05) is 13.1 Å². The lowest BCUT2D eigenvalue weighted by atomic mass is 9.87. The van der Waals surface area contributed by atoms with E-state index in [1.807, 2.05) is 12.1 Å². The van der Waals surface area contributed by atoms with Crippen LogP contribution in [-0.4, -0.2) is 34.6 Å². The molecule has 1 N–H and O–H groups in total. The number of carboxylic acid groups (broad SMARTS) is 1. The second kappa shape index (κ2) is 5.33. The summed E-state index contributed by atoms with van der Waals surface area (Å²) >= 11 is 0. The minimum absolute atomic E-state index is 0.184. The highest BCUT2D eigenvalue weighted by atomic mass is 16.4. The van der Waals surface area contributed by atoms with Crippen LogP contribution in [0, 0.1) is 0 Å². The Morgan fingerprint density at radius 3 is 2.74 bits per heavy atom. The van der Waals surface area contributed by atoms with E-state index in [-0.39, 0.29) is 5.54 Å². The van der Waals surface area contributed by atoms with Crippen LogP contribution in [0.25, 0.3) is 0 Å². The van der Waals surface area contributed by atoms with Crippen LogP contribution in [0.15, 0.2) is 24.3 Å². The maximum Gasteiger partial charge on any atom is 0.335 e. The van der Waals surface area contributed by atoms with Gasteiger partial charge in [0.05, 0.1) is 5.56 Å². The molecule has 0 radical (unpaired) electrons. The topological polar surface area (TPSA) is 40.5 Å². The van der Waals surface area contributed by atoms with E-state index in [0.29, 0.717) is 11.5 Å². The Bertz CT molecular complexity index is 462. The molecule has 0 aromatic heterocycles. The molecule has 3 nitrogen and oxygen atoms in total. The zero-order valence-electron chi connectivity index (χ0n) is 12.0. The number of carboxylic acids is 1. The van der Waals surface area contributed by atoms with Gasteiger partial charge in [0.25, 0.3) is 0 Å². The van der Waals surface area contributed by atoms with Gasteiger partial charge >= 0.3 is 5.97 Å². The average molecular weight is 261 g/mol. The lowest BCUT2D eigenvalue weighted by Gasteiger charge is -2.41. The molecule has 1 saturated heterocycles. The summed E-state index contributed by atoms with van der Waals surface area (Å²) in [5.74, 6) is -0.391. The second-order valence-corrected chi connectivity index (χ2v) is 6.39. The molecule has 1 aliphatic heterocycles. The van der Waals surface area contributed by atoms with Crippen molar-refractivity contribution in [2.24, 2.45) is 0 Å². The predicted octanol–water partition coefficient (Wildman–Crippen LogP) is 3.36. The van der Waals surface area contributed by atoms with Gasteiger partial charge in [0, 0.05) is 12.1 Å². The fraction of sp³-hybridized carbons (Fsp3) is 0.562. The molecule has 1 fully saturated rings. The van der Waals surface area contributed by atoms with E-state index in [4.69, 9.17) is 5.11 Å². The van der Waals surface area contributed by atoms with Crippen molar-refractivity contribution in [1.82, 2.24) is 4.90 Å². The van der Waals surface area contributed by atoms with Crippen LogP contribution in [0.5, 0.6) is 0 Å². The summed E-state index contributed by atoms with van der Waals surface area (Å²) in [6, 6.07) is 7.41. The normalized spacial score (nSPS) is 21.3. The monoisotopic (exact) mass is 261 g/mol. The van der Waals surface area contributed by atoms with E-state index in [9.17, 15) is 4.79 Å². The molecule has 0 saturated carbocycles. The maximum atomic E-state index is 11.0. The number of benzene rings is 1. The molecule has 3 heteroatoms. The van der Waals surface area contributed by atoms with Crippen LogP contribution in [-0.2, 0) is 0 Å². The molecule has 0 bridgehead atoms. The van der Waals surface area contributed by atoms with Crippen molar-refractivity contribution in [3.8, 4) is 0 Å². The van der Waals surface area contributed by atoms with Crippen LogP contribution in [0.3, 0.4) is 0 Å². The summed E-state index contributed by atoms with van der Waals surface area (Å²) in [6.45, 7) is 8.88. The molecule has 19 heavy (non-hydrogen) atoms. The summed E-state index contributed by atoms with van der Waals surface area (Å²) < 4.78 is 0. The first-order valence-corrected chi connectivity index (χ1v) is 6.96. The predicted molar refractivity (Wildman–Crippen MR) is 76.7 cm³/mol. The van der Waals surface area contributed by atoms with Gasteiger partial charge in [-0.2, -0.15) is 0 Å². The Balaban J connectivity index is 2.17. The Morgan fingerprint density at radius 2 is 2.11 bits per heavy atom. The van der Waals surface area contributed by atoms with Crippen molar-refractivity contribution < 1.29 is 9.90 Å². The van der Waals surface area contributed by atoms with Gasteiger partial charge in [0.15, 0.2) is 0 Å². The van der Waals surface area contributed by atoms with Gasteiger partial charge in [-0.3, -0.25) is 4.90 Å². The fourth-order valence-electron chi connectivity index (χ4n) is 2.78. The van der Waals surface area contributed by atoms with Gasteiger partial charge in [0.2, 0.25) is 0 Å². The quantitative estimate of drug-likeness (QED) is 0.887. The Morgan fingerprint density at radius 1 is 1.37 bits per heavy atom. The van der Waals surface area contributed by atoms with Crippen molar-refractivity contribution in [3.63, 3.8) is 0 Å². The van der Waals surface area contributed by atoms with Crippen molar-refractivity contribution in [1.29, 1.82) is 0 Å². The molecule has 1 aliphatic rings. The molecule has 1 atom stereocenters. The largest absolute Gasteiger partial charge is 0.478 e. The SMILES string of the molecule is CC(C)(C)N1CCCC(c2cccc(C(=O)O)c2)C1. The summed E-state index contributed by atoms with van der Waals surface area (Å²) in [7, 11) is 0.